The molecule has 0 aliphatic carbocycles. The highest BCUT2D eigenvalue weighted by atomic mass is 16.5. The van der Waals surface area contributed by atoms with E-state index in [0.29, 0.717) is 13.0 Å². The van der Waals surface area contributed by atoms with E-state index in [2.05, 4.69) is 23.3 Å². The molecule has 3 aromatic rings. The van der Waals surface area contributed by atoms with Crippen LogP contribution in [-0.2, 0) is 24.8 Å². The average molecular weight is 351 g/mol. The third-order valence-electron chi connectivity index (χ3n) is 4.94. The molecule has 1 amide bonds. The van der Waals surface area contributed by atoms with Gasteiger partial charge in [0, 0.05) is 31.9 Å². The third kappa shape index (κ3) is 3.57. The van der Waals surface area contributed by atoms with Gasteiger partial charge in [-0.3, -0.25) is 9.48 Å². The first-order valence-corrected chi connectivity index (χ1v) is 8.68. The zero-order chi connectivity index (χ0) is 18.8. The fourth-order valence-corrected chi connectivity index (χ4v) is 3.22. The molecule has 0 aliphatic heterocycles. The van der Waals surface area contributed by atoms with Gasteiger partial charge in [0.25, 0.3) is 0 Å². The average Bonchev–Trinajstić information content (AvgIpc) is 2.87. The number of hydrogen-bond donors (Lipinski definition) is 0. The number of likely N-dealkylation sites (N-methyl/N-ethyl adjacent to an activating group) is 1. The van der Waals surface area contributed by atoms with E-state index in [4.69, 9.17) is 4.74 Å². The van der Waals surface area contributed by atoms with E-state index in [-0.39, 0.29) is 5.91 Å². The van der Waals surface area contributed by atoms with Crippen LogP contribution >= 0.6 is 0 Å². The highest BCUT2D eigenvalue weighted by Gasteiger charge is 2.16. The number of rotatable bonds is 5. The number of amides is 1. The molecule has 0 unspecified atom stereocenters. The van der Waals surface area contributed by atoms with Crippen molar-refractivity contribution in [2.45, 2.75) is 26.8 Å². The van der Waals surface area contributed by atoms with Gasteiger partial charge in [-0.15, -0.1) is 0 Å². The zero-order valence-corrected chi connectivity index (χ0v) is 16.0. The molecule has 3 rings (SSSR count). The van der Waals surface area contributed by atoms with Crippen molar-refractivity contribution in [2.75, 3.05) is 14.2 Å². The SMILES string of the molecule is COc1ccc2cc(CN(C)C(=O)Cc3c(C)nn(C)c3C)ccc2c1. The van der Waals surface area contributed by atoms with Gasteiger partial charge in [-0.1, -0.05) is 18.2 Å². The Morgan fingerprint density at radius 1 is 1.15 bits per heavy atom. The molecule has 2 aromatic carbocycles. The minimum atomic E-state index is 0.0963. The van der Waals surface area contributed by atoms with Gasteiger partial charge in [0.2, 0.25) is 5.91 Å². The van der Waals surface area contributed by atoms with Crippen LogP contribution in [0, 0.1) is 13.8 Å². The number of nitrogens with zero attached hydrogens (tertiary/aromatic N) is 3. The van der Waals surface area contributed by atoms with Crippen LogP contribution in [0.5, 0.6) is 5.75 Å². The van der Waals surface area contributed by atoms with Crippen molar-refractivity contribution in [3.8, 4) is 5.75 Å². The van der Waals surface area contributed by atoms with Gasteiger partial charge in [-0.25, -0.2) is 0 Å². The predicted octanol–water partition coefficient (Wildman–Crippen LogP) is 3.40. The van der Waals surface area contributed by atoms with Crippen molar-refractivity contribution in [2.24, 2.45) is 7.05 Å². The van der Waals surface area contributed by atoms with E-state index in [0.717, 1.165) is 39.0 Å². The van der Waals surface area contributed by atoms with E-state index in [1.54, 1.807) is 12.0 Å². The number of aryl methyl sites for hydroxylation is 2. The third-order valence-corrected chi connectivity index (χ3v) is 4.94. The van der Waals surface area contributed by atoms with Crippen LogP contribution in [0.1, 0.15) is 22.5 Å². The number of ether oxygens (including phenoxy) is 1. The lowest BCUT2D eigenvalue weighted by molar-refractivity contribution is -0.129. The topological polar surface area (TPSA) is 47.4 Å². The van der Waals surface area contributed by atoms with Gasteiger partial charge in [-0.2, -0.15) is 5.10 Å². The summed E-state index contributed by atoms with van der Waals surface area (Å²) in [5.74, 6) is 0.943. The molecule has 0 spiro atoms. The summed E-state index contributed by atoms with van der Waals surface area (Å²) < 4.78 is 7.10. The highest BCUT2D eigenvalue weighted by Crippen LogP contribution is 2.22. The molecule has 0 radical (unpaired) electrons. The van der Waals surface area contributed by atoms with Crippen LogP contribution in [0.4, 0.5) is 0 Å². The van der Waals surface area contributed by atoms with Crippen LogP contribution < -0.4 is 4.74 Å². The van der Waals surface area contributed by atoms with E-state index >= 15 is 0 Å². The normalized spacial score (nSPS) is 11.0. The molecule has 0 N–H and O–H groups in total. The molecule has 0 atom stereocenters. The maximum Gasteiger partial charge on any atom is 0.227 e. The van der Waals surface area contributed by atoms with Gasteiger partial charge >= 0.3 is 0 Å². The monoisotopic (exact) mass is 351 g/mol. The van der Waals surface area contributed by atoms with E-state index in [1.165, 1.54) is 0 Å². The summed E-state index contributed by atoms with van der Waals surface area (Å²) >= 11 is 0. The van der Waals surface area contributed by atoms with E-state index < -0.39 is 0 Å². The maximum absolute atomic E-state index is 12.6. The Balaban J connectivity index is 1.73. The Morgan fingerprint density at radius 3 is 2.50 bits per heavy atom. The quantitative estimate of drug-likeness (QED) is 0.708. The first-order valence-electron chi connectivity index (χ1n) is 8.68. The van der Waals surface area contributed by atoms with Gasteiger partial charge in [0.1, 0.15) is 5.75 Å². The largest absolute Gasteiger partial charge is 0.497 e. The summed E-state index contributed by atoms with van der Waals surface area (Å²) in [6.45, 7) is 4.53. The van der Waals surface area contributed by atoms with Crippen LogP contribution in [0.2, 0.25) is 0 Å². The summed E-state index contributed by atoms with van der Waals surface area (Å²) in [6.07, 6.45) is 0.382. The molecule has 5 nitrogen and oxygen atoms in total. The van der Waals surface area contributed by atoms with Crippen LogP contribution in [0.3, 0.4) is 0 Å². The number of carbonyl (C=O) groups is 1. The number of aromatic nitrogens is 2. The number of fused-ring (bicyclic) bond motifs is 1. The van der Waals surface area contributed by atoms with Gasteiger partial charge < -0.3 is 9.64 Å². The fourth-order valence-electron chi connectivity index (χ4n) is 3.22. The van der Waals surface area contributed by atoms with Gasteiger partial charge in [0.05, 0.1) is 19.2 Å². The molecule has 26 heavy (non-hydrogen) atoms. The smallest absolute Gasteiger partial charge is 0.227 e. The minimum Gasteiger partial charge on any atom is -0.497 e. The van der Waals surface area contributed by atoms with Crippen LogP contribution in [0.25, 0.3) is 10.8 Å². The molecule has 1 heterocycles. The number of carbonyl (C=O) groups excluding carboxylic acids is 1. The molecule has 1 aromatic heterocycles. The Hall–Kier alpha value is -2.82. The standard InChI is InChI=1S/C21H25N3O2/c1-14-20(15(2)24(4)22-14)12-21(25)23(3)13-16-6-7-18-11-19(26-5)9-8-17(18)10-16/h6-11H,12-13H2,1-5H3. The Labute approximate surface area is 154 Å². The van der Waals surface area contributed by atoms with Crippen molar-refractivity contribution < 1.29 is 9.53 Å². The van der Waals surface area contributed by atoms with E-state index in [1.807, 2.05) is 50.8 Å². The Bertz CT molecular complexity index is 959. The van der Waals surface area contributed by atoms with Crippen molar-refractivity contribution in [3.63, 3.8) is 0 Å². The Morgan fingerprint density at radius 2 is 1.85 bits per heavy atom. The summed E-state index contributed by atoms with van der Waals surface area (Å²) in [7, 11) is 5.42. The summed E-state index contributed by atoms with van der Waals surface area (Å²) in [6, 6.07) is 12.3. The number of hydrogen-bond acceptors (Lipinski definition) is 3. The van der Waals surface area contributed by atoms with E-state index in [9.17, 15) is 4.79 Å². The molecule has 0 saturated carbocycles. The molecule has 136 valence electrons. The molecule has 0 saturated heterocycles. The zero-order valence-electron chi connectivity index (χ0n) is 16.0. The van der Waals surface area contributed by atoms with Gasteiger partial charge in [-0.05, 0) is 48.4 Å². The highest BCUT2D eigenvalue weighted by molar-refractivity contribution is 5.85. The molecular formula is C21H25N3O2. The summed E-state index contributed by atoms with van der Waals surface area (Å²) in [5, 5.41) is 6.66. The molecule has 0 fully saturated rings. The minimum absolute atomic E-state index is 0.0963. The molecule has 5 heteroatoms. The lowest BCUT2D eigenvalue weighted by Gasteiger charge is -2.18. The summed E-state index contributed by atoms with van der Waals surface area (Å²) in [5.41, 5.74) is 4.10. The molecule has 0 aliphatic rings. The second kappa shape index (κ2) is 7.20. The van der Waals surface area contributed by atoms with Crippen LogP contribution in [0.15, 0.2) is 36.4 Å². The van der Waals surface area contributed by atoms with Crippen LogP contribution in [-0.4, -0.2) is 34.7 Å². The molecular weight excluding hydrogens is 326 g/mol. The lowest BCUT2D eigenvalue weighted by atomic mass is 10.1. The fraction of sp³-hybridized carbons (Fsp3) is 0.333. The predicted molar refractivity (Wildman–Crippen MR) is 103 cm³/mol. The number of benzene rings is 2. The second-order valence-electron chi connectivity index (χ2n) is 6.75. The summed E-state index contributed by atoms with van der Waals surface area (Å²) in [4.78, 5) is 14.4. The number of methoxy groups -OCH3 is 1. The first kappa shape index (κ1) is 18.0. The molecule has 0 bridgehead atoms. The Kier molecular flexibility index (Phi) is 4.98. The van der Waals surface area contributed by atoms with Crippen molar-refractivity contribution >= 4 is 16.7 Å². The lowest BCUT2D eigenvalue weighted by Crippen LogP contribution is -2.28. The van der Waals surface area contributed by atoms with Crippen molar-refractivity contribution in [1.29, 1.82) is 0 Å². The first-order chi connectivity index (χ1) is 12.4. The van der Waals surface area contributed by atoms with Crippen molar-refractivity contribution in [3.05, 3.63) is 58.9 Å². The second-order valence-corrected chi connectivity index (χ2v) is 6.75. The maximum atomic E-state index is 12.6. The van der Waals surface area contributed by atoms with Crippen molar-refractivity contribution in [1.82, 2.24) is 14.7 Å². The van der Waals surface area contributed by atoms with Gasteiger partial charge in [0.15, 0.2) is 0 Å².